The van der Waals surface area contributed by atoms with Gasteiger partial charge in [-0.05, 0) is 37.3 Å². The van der Waals surface area contributed by atoms with Crippen molar-refractivity contribution in [3.63, 3.8) is 0 Å². The number of nitrogens with zero attached hydrogens (tertiary/aromatic N) is 3. The molecule has 0 spiro atoms. The number of pyridine rings is 1. The summed E-state index contributed by atoms with van der Waals surface area (Å²) in [6.45, 7) is 1.81. The van der Waals surface area contributed by atoms with Gasteiger partial charge in [0.15, 0.2) is 17.1 Å². The number of carbonyl (C=O) groups is 1. The minimum Gasteiger partial charge on any atom is -0.493 e. The molecule has 0 bridgehead atoms. The molecule has 3 rings (SSSR count). The van der Waals surface area contributed by atoms with E-state index >= 15 is 0 Å². The van der Waals surface area contributed by atoms with Crippen LogP contribution in [0.5, 0.6) is 11.5 Å². The number of fused-ring (bicyclic) bond motifs is 1. The van der Waals surface area contributed by atoms with Crippen LogP contribution in [0, 0.1) is 6.92 Å². The molecule has 3 aromatic rings. The third-order valence-corrected chi connectivity index (χ3v) is 3.34. The van der Waals surface area contributed by atoms with Crippen molar-refractivity contribution < 1.29 is 14.3 Å². The first-order valence-electron chi connectivity index (χ1n) is 6.97. The highest BCUT2D eigenvalue weighted by Crippen LogP contribution is 2.27. The lowest BCUT2D eigenvalue weighted by atomic mass is 10.2. The average molecular weight is 312 g/mol. The van der Waals surface area contributed by atoms with Crippen molar-refractivity contribution in [1.29, 1.82) is 0 Å². The SMILES string of the molecule is COc1ccc(C(=O)Nc2ccc3nc(C)nn3c2)cc1OC. The van der Waals surface area contributed by atoms with Crippen LogP contribution in [-0.2, 0) is 0 Å². The maximum absolute atomic E-state index is 12.4. The van der Waals surface area contributed by atoms with E-state index in [2.05, 4.69) is 15.4 Å². The van der Waals surface area contributed by atoms with Crippen LogP contribution in [0.3, 0.4) is 0 Å². The van der Waals surface area contributed by atoms with Crippen molar-refractivity contribution in [3.05, 3.63) is 47.9 Å². The van der Waals surface area contributed by atoms with Crippen molar-refractivity contribution in [3.8, 4) is 11.5 Å². The number of nitrogens with one attached hydrogen (secondary N) is 1. The van der Waals surface area contributed by atoms with Gasteiger partial charge in [0.05, 0.1) is 26.1 Å². The molecular formula is C16H16N4O3. The van der Waals surface area contributed by atoms with E-state index in [0.29, 0.717) is 28.6 Å². The summed E-state index contributed by atoms with van der Waals surface area (Å²) in [7, 11) is 3.08. The number of ether oxygens (including phenoxy) is 2. The van der Waals surface area contributed by atoms with Crippen LogP contribution >= 0.6 is 0 Å². The normalized spacial score (nSPS) is 10.6. The lowest BCUT2D eigenvalue weighted by Gasteiger charge is -2.10. The van der Waals surface area contributed by atoms with Gasteiger partial charge in [-0.1, -0.05) is 0 Å². The van der Waals surface area contributed by atoms with Gasteiger partial charge in [-0.15, -0.1) is 0 Å². The summed E-state index contributed by atoms with van der Waals surface area (Å²) < 4.78 is 12.0. The third kappa shape index (κ3) is 2.94. The lowest BCUT2D eigenvalue weighted by molar-refractivity contribution is 0.102. The predicted molar refractivity (Wildman–Crippen MR) is 85.2 cm³/mol. The molecule has 0 fully saturated rings. The first kappa shape index (κ1) is 14.8. The molecule has 7 nitrogen and oxygen atoms in total. The molecule has 118 valence electrons. The first-order valence-corrected chi connectivity index (χ1v) is 6.97. The number of rotatable bonds is 4. The van der Waals surface area contributed by atoms with Gasteiger partial charge in [-0.2, -0.15) is 5.10 Å². The Bertz CT molecular complexity index is 873. The number of aromatic nitrogens is 3. The summed E-state index contributed by atoms with van der Waals surface area (Å²) in [6, 6.07) is 8.57. The molecule has 1 amide bonds. The molecule has 2 aromatic heterocycles. The fourth-order valence-electron chi connectivity index (χ4n) is 2.25. The summed E-state index contributed by atoms with van der Waals surface area (Å²) in [5.41, 5.74) is 1.83. The van der Waals surface area contributed by atoms with Crippen molar-refractivity contribution in [2.24, 2.45) is 0 Å². The molecular weight excluding hydrogens is 296 g/mol. The summed E-state index contributed by atoms with van der Waals surface area (Å²) in [6.07, 6.45) is 1.72. The minimum atomic E-state index is -0.248. The van der Waals surface area contributed by atoms with E-state index < -0.39 is 0 Å². The Balaban J connectivity index is 1.85. The standard InChI is InChI=1S/C16H16N4O3/c1-10-17-15-7-5-12(9-20(15)19-10)18-16(21)11-4-6-13(22-2)14(8-11)23-3/h4-9H,1-3H3,(H,18,21). The van der Waals surface area contributed by atoms with Crippen molar-refractivity contribution in [1.82, 2.24) is 14.6 Å². The Kier molecular flexibility index (Phi) is 3.84. The fourth-order valence-corrected chi connectivity index (χ4v) is 2.25. The van der Waals surface area contributed by atoms with Gasteiger partial charge >= 0.3 is 0 Å². The van der Waals surface area contributed by atoms with Gasteiger partial charge in [0.25, 0.3) is 5.91 Å². The fraction of sp³-hybridized carbons (Fsp3) is 0.188. The Hall–Kier alpha value is -3.09. The minimum absolute atomic E-state index is 0.248. The zero-order valence-corrected chi connectivity index (χ0v) is 13.0. The molecule has 0 unspecified atom stereocenters. The van der Waals surface area contributed by atoms with E-state index in [-0.39, 0.29) is 5.91 Å². The molecule has 0 radical (unpaired) electrons. The molecule has 23 heavy (non-hydrogen) atoms. The van der Waals surface area contributed by atoms with E-state index in [1.54, 1.807) is 48.2 Å². The van der Waals surface area contributed by atoms with Gasteiger partial charge in [-0.3, -0.25) is 4.79 Å². The highest BCUT2D eigenvalue weighted by atomic mass is 16.5. The van der Waals surface area contributed by atoms with Gasteiger partial charge in [-0.25, -0.2) is 9.50 Å². The van der Waals surface area contributed by atoms with Crippen LogP contribution in [0.2, 0.25) is 0 Å². The predicted octanol–water partition coefficient (Wildman–Crippen LogP) is 2.31. The second-order valence-electron chi connectivity index (χ2n) is 4.90. The molecule has 1 aromatic carbocycles. The van der Waals surface area contributed by atoms with E-state index in [0.717, 1.165) is 5.65 Å². The second kappa shape index (κ2) is 5.96. The van der Waals surface area contributed by atoms with E-state index in [1.807, 2.05) is 6.92 Å². The van der Waals surface area contributed by atoms with E-state index in [1.165, 1.54) is 7.11 Å². The van der Waals surface area contributed by atoms with Gasteiger partial charge in [0.2, 0.25) is 0 Å². The van der Waals surface area contributed by atoms with Crippen LogP contribution in [0.1, 0.15) is 16.2 Å². The Morgan fingerprint density at radius 1 is 1.13 bits per heavy atom. The highest BCUT2D eigenvalue weighted by Gasteiger charge is 2.11. The summed E-state index contributed by atoms with van der Waals surface area (Å²) in [4.78, 5) is 16.6. The molecule has 7 heteroatoms. The van der Waals surface area contributed by atoms with Crippen LogP contribution in [-0.4, -0.2) is 34.7 Å². The van der Waals surface area contributed by atoms with E-state index in [9.17, 15) is 4.79 Å². The van der Waals surface area contributed by atoms with Gasteiger partial charge in [0, 0.05) is 5.56 Å². The number of benzene rings is 1. The van der Waals surface area contributed by atoms with E-state index in [4.69, 9.17) is 9.47 Å². The quantitative estimate of drug-likeness (QED) is 0.800. The number of amides is 1. The average Bonchev–Trinajstić information content (AvgIpc) is 2.93. The number of carbonyl (C=O) groups excluding carboxylic acids is 1. The van der Waals surface area contributed by atoms with Crippen molar-refractivity contribution >= 4 is 17.2 Å². The highest BCUT2D eigenvalue weighted by molar-refractivity contribution is 6.04. The summed E-state index contributed by atoms with van der Waals surface area (Å²) in [5.74, 6) is 1.50. The molecule has 1 N–H and O–H groups in total. The number of aryl methyl sites for hydroxylation is 1. The molecule has 0 saturated heterocycles. The van der Waals surface area contributed by atoms with Crippen molar-refractivity contribution in [2.75, 3.05) is 19.5 Å². The number of anilines is 1. The Labute approximate surface area is 132 Å². The number of methoxy groups -OCH3 is 2. The molecule has 2 heterocycles. The summed E-state index contributed by atoms with van der Waals surface area (Å²) in [5, 5.41) is 7.05. The second-order valence-corrected chi connectivity index (χ2v) is 4.90. The number of hydrogen-bond acceptors (Lipinski definition) is 5. The maximum Gasteiger partial charge on any atom is 0.255 e. The molecule has 0 aliphatic carbocycles. The zero-order valence-electron chi connectivity index (χ0n) is 13.0. The van der Waals surface area contributed by atoms with Crippen LogP contribution < -0.4 is 14.8 Å². The van der Waals surface area contributed by atoms with Crippen LogP contribution in [0.25, 0.3) is 5.65 Å². The van der Waals surface area contributed by atoms with Crippen LogP contribution in [0.4, 0.5) is 5.69 Å². The lowest BCUT2D eigenvalue weighted by Crippen LogP contribution is -2.12. The third-order valence-electron chi connectivity index (χ3n) is 3.34. The van der Waals surface area contributed by atoms with Gasteiger partial charge in [0.1, 0.15) is 5.82 Å². The first-order chi connectivity index (χ1) is 11.1. The molecule has 0 atom stereocenters. The van der Waals surface area contributed by atoms with Crippen LogP contribution in [0.15, 0.2) is 36.5 Å². The van der Waals surface area contributed by atoms with Crippen molar-refractivity contribution in [2.45, 2.75) is 6.92 Å². The van der Waals surface area contributed by atoms with Gasteiger partial charge < -0.3 is 14.8 Å². The smallest absolute Gasteiger partial charge is 0.255 e. The topological polar surface area (TPSA) is 77.8 Å². The zero-order chi connectivity index (χ0) is 16.4. The molecule has 0 aliphatic rings. The maximum atomic E-state index is 12.4. The number of hydrogen-bond donors (Lipinski definition) is 1. The Morgan fingerprint density at radius 3 is 2.65 bits per heavy atom. The largest absolute Gasteiger partial charge is 0.493 e. The Morgan fingerprint density at radius 2 is 1.91 bits per heavy atom. The molecule has 0 saturated carbocycles. The molecule has 0 aliphatic heterocycles. The monoisotopic (exact) mass is 312 g/mol. The summed E-state index contributed by atoms with van der Waals surface area (Å²) >= 11 is 0.